The second-order valence-electron chi connectivity index (χ2n) is 10.9. The first kappa shape index (κ1) is 29.8. The largest absolute Gasteiger partial charge is 0.490 e. The van der Waals surface area contributed by atoms with Crippen molar-refractivity contribution in [3.05, 3.63) is 59.2 Å². The van der Waals surface area contributed by atoms with E-state index in [1.165, 1.54) is 0 Å². The van der Waals surface area contributed by atoms with Gasteiger partial charge in [0.2, 0.25) is 0 Å². The second kappa shape index (κ2) is 15.6. The Morgan fingerprint density at radius 1 is 1.03 bits per heavy atom. The van der Waals surface area contributed by atoms with Gasteiger partial charge >= 0.3 is 0 Å². The number of ether oxygens (including phenoxy) is 5. The minimum atomic E-state index is -0.404. The summed E-state index contributed by atoms with van der Waals surface area (Å²) < 4.78 is 29.0. The van der Waals surface area contributed by atoms with Gasteiger partial charge in [0.1, 0.15) is 12.4 Å². The van der Waals surface area contributed by atoms with E-state index in [-0.39, 0.29) is 12.0 Å². The van der Waals surface area contributed by atoms with Crippen molar-refractivity contribution in [3.8, 4) is 5.75 Å². The zero-order chi connectivity index (χ0) is 27.5. The summed E-state index contributed by atoms with van der Waals surface area (Å²) in [6.45, 7) is 10.7. The lowest BCUT2D eigenvalue weighted by atomic mass is 9.79. The maximum absolute atomic E-state index is 11.0. The van der Waals surface area contributed by atoms with Crippen LogP contribution >= 0.6 is 0 Å². The van der Waals surface area contributed by atoms with Gasteiger partial charge in [-0.25, -0.2) is 0 Å². The lowest BCUT2D eigenvalue weighted by Crippen LogP contribution is -2.36. The maximum atomic E-state index is 11.0. The Morgan fingerprint density at radius 2 is 1.82 bits per heavy atom. The topological polar surface area (TPSA) is 69.6 Å². The van der Waals surface area contributed by atoms with Crippen molar-refractivity contribution < 1.29 is 28.8 Å². The predicted octanol–water partition coefficient (Wildman–Crippen LogP) is 5.32. The highest BCUT2D eigenvalue weighted by molar-refractivity contribution is 5.61. The normalized spacial score (nSPS) is 21.8. The molecule has 1 aliphatic carbocycles. The van der Waals surface area contributed by atoms with Crippen LogP contribution in [0.4, 0.5) is 5.69 Å². The first-order chi connectivity index (χ1) is 19.1. The molecule has 0 saturated heterocycles. The molecule has 39 heavy (non-hydrogen) atoms. The van der Waals surface area contributed by atoms with Crippen LogP contribution in [0.15, 0.2) is 42.5 Å². The molecular weight excluding hydrogens is 494 g/mol. The molecule has 4 rings (SSSR count). The second-order valence-corrected chi connectivity index (χ2v) is 10.9. The van der Waals surface area contributed by atoms with Gasteiger partial charge in [-0.3, -0.25) is 0 Å². The molecule has 0 bridgehead atoms. The Balaban J connectivity index is 1.35. The minimum absolute atomic E-state index is 0.0275. The van der Waals surface area contributed by atoms with E-state index >= 15 is 0 Å². The summed E-state index contributed by atoms with van der Waals surface area (Å²) >= 11 is 0. The molecule has 216 valence electrons. The molecule has 0 amide bonds. The van der Waals surface area contributed by atoms with Gasteiger partial charge in [-0.2, -0.15) is 0 Å². The van der Waals surface area contributed by atoms with Gasteiger partial charge in [-0.15, -0.1) is 0 Å². The van der Waals surface area contributed by atoms with E-state index in [0.29, 0.717) is 32.3 Å². The summed E-state index contributed by atoms with van der Waals surface area (Å²) in [4.78, 5) is 2.37. The van der Waals surface area contributed by atoms with Gasteiger partial charge in [-0.05, 0) is 61.4 Å². The van der Waals surface area contributed by atoms with E-state index in [4.69, 9.17) is 23.7 Å². The highest BCUT2D eigenvalue weighted by Gasteiger charge is 2.34. The molecule has 0 aromatic heterocycles. The number of aliphatic hydroxyl groups excluding tert-OH is 1. The molecule has 1 aliphatic heterocycles. The van der Waals surface area contributed by atoms with Crippen LogP contribution in [0.25, 0.3) is 0 Å². The summed E-state index contributed by atoms with van der Waals surface area (Å²) in [7, 11) is 1.74. The van der Waals surface area contributed by atoms with Gasteiger partial charge in [0.25, 0.3) is 0 Å². The number of aliphatic hydroxyl groups is 1. The molecule has 2 aromatic carbocycles. The smallest absolute Gasteiger partial charge is 0.142 e. The molecule has 1 fully saturated rings. The third kappa shape index (κ3) is 8.66. The lowest BCUT2D eigenvalue weighted by molar-refractivity contribution is -0.0426. The molecule has 2 aliphatic rings. The van der Waals surface area contributed by atoms with Crippen molar-refractivity contribution in [2.75, 3.05) is 58.1 Å². The van der Waals surface area contributed by atoms with Crippen molar-refractivity contribution in [1.82, 2.24) is 0 Å². The van der Waals surface area contributed by atoms with Gasteiger partial charge in [-0.1, -0.05) is 37.3 Å². The first-order valence-electron chi connectivity index (χ1n) is 14.6. The molecule has 1 saturated carbocycles. The SMILES string of the molecule is CCOC[C@H](C)COCc1ccc([C@H]2[C@H](O)CCC[C@@H]2OCc2ccc3c(c2)N(CCCOC)CCO3)cc1. The van der Waals surface area contributed by atoms with E-state index in [1.807, 2.05) is 6.92 Å². The lowest BCUT2D eigenvalue weighted by Gasteiger charge is -2.36. The van der Waals surface area contributed by atoms with E-state index < -0.39 is 6.10 Å². The standard InChI is InChI=1S/C32H47NO6/c1-4-36-20-24(2)21-37-22-25-9-12-27(13-10-25)32-29(34)7-5-8-31(32)39-23-26-11-14-30-28(19-26)33(16-18-38-30)15-6-17-35-3/h9-14,19,24,29,31-32,34H,4-8,15-18,20-23H2,1-3H3/t24-,29+,31-,32-/m0/s1. The Kier molecular flexibility index (Phi) is 11.9. The van der Waals surface area contributed by atoms with Crippen LogP contribution in [0.2, 0.25) is 0 Å². The molecular formula is C32H47NO6. The maximum Gasteiger partial charge on any atom is 0.142 e. The fraction of sp³-hybridized carbons (Fsp3) is 0.625. The molecule has 4 atom stereocenters. The average Bonchev–Trinajstić information content (AvgIpc) is 2.96. The molecule has 1 heterocycles. The highest BCUT2D eigenvalue weighted by Crippen LogP contribution is 2.37. The van der Waals surface area contributed by atoms with Gasteiger partial charge < -0.3 is 33.7 Å². The Morgan fingerprint density at radius 3 is 2.62 bits per heavy atom. The zero-order valence-electron chi connectivity index (χ0n) is 24.0. The van der Waals surface area contributed by atoms with Crippen LogP contribution in [0.1, 0.15) is 62.1 Å². The van der Waals surface area contributed by atoms with E-state index in [2.05, 4.69) is 54.3 Å². The predicted molar refractivity (Wildman–Crippen MR) is 154 cm³/mol. The summed E-state index contributed by atoms with van der Waals surface area (Å²) in [6.07, 6.45) is 3.27. The van der Waals surface area contributed by atoms with Crippen LogP contribution in [-0.2, 0) is 32.2 Å². The van der Waals surface area contributed by atoms with Crippen molar-refractivity contribution in [1.29, 1.82) is 0 Å². The fourth-order valence-corrected chi connectivity index (χ4v) is 5.58. The Bertz CT molecular complexity index is 983. The molecule has 0 spiro atoms. The summed E-state index contributed by atoms with van der Waals surface area (Å²) in [6, 6.07) is 14.8. The van der Waals surface area contributed by atoms with Crippen molar-refractivity contribution in [2.45, 2.75) is 70.9 Å². The van der Waals surface area contributed by atoms with E-state index in [9.17, 15) is 5.11 Å². The van der Waals surface area contributed by atoms with E-state index in [1.54, 1.807) is 7.11 Å². The third-order valence-corrected chi connectivity index (χ3v) is 7.67. The Hall–Kier alpha value is -2.16. The molecule has 0 radical (unpaired) electrons. The molecule has 7 heteroatoms. The van der Waals surface area contributed by atoms with Crippen LogP contribution in [0, 0.1) is 5.92 Å². The minimum Gasteiger partial charge on any atom is -0.490 e. The summed E-state index contributed by atoms with van der Waals surface area (Å²) in [5.74, 6) is 1.27. The van der Waals surface area contributed by atoms with Crippen LogP contribution in [-0.4, -0.2) is 70.5 Å². The fourth-order valence-electron chi connectivity index (χ4n) is 5.58. The molecule has 0 unspecified atom stereocenters. The molecule has 1 N–H and O–H groups in total. The van der Waals surface area contributed by atoms with Crippen molar-refractivity contribution >= 4 is 5.69 Å². The molecule has 7 nitrogen and oxygen atoms in total. The van der Waals surface area contributed by atoms with E-state index in [0.717, 1.165) is 86.7 Å². The number of hydrogen-bond donors (Lipinski definition) is 1. The monoisotopic (exact) mass is 541 g/mol. The number of methoxy groups -OCH3 is 1. The van der Waals surface area contributed by atoms with Crippen LogP contribution in [0.5, 0.6) is 5.75 Å². The zero-order valence-corrected chi connectivity index (χ0v) is 24.0. The number of hydrogen-bond acceptors (Lipinski definition) is 7. The van der Waals surface area contributed by atoms with Crippen molar-refractivity contribution in [3.63, 3.8) is 0 Å². The number of benzene rings is 2. The number of rotatable bonds is 15. The van der Waals surface area contributed by atoms with Gasteiger partial charge in [0.15, 0.2) is 0 Å². The number of nitrogens with zero attached hydrogens (tertiary/aromatic N) is 1. The van der Waals surface area contributed by atoms with Gasteiger partial charge in [0, 0.05) is 38.7 Å². The first-order valence-corrected chi connectivity index (χ1v) is 14.6. The summed E-state index contributed by atoms with van der Waals surface area (Å²) in [5.41, 5.74) is 4.52. The molecule has 2 aromatic rings. The number of fused-ring (bicyclic) bond motifs is 1. The Labute approximate surface area is 234 Å². The van der Waals surface area contributed by atoms with Crippen molar-refractivity contribution in [2.24, 2.45) is 5.92 Å². The quantitative estimate of drug-likeness (QED) is 0.306. The van der Waals surface area contributed by atoms with Crippen LogP contribution < -0.4 is 9.64 Å². The highest BCUT2D eigenvalue weighted by atomic mass is 16.5. The van der Waals surface area contributed by atoms with Gasteiger partial charge in [0.05, 0.1) is 50.9 Å². The number of anilines is 1. The third-order valence-electron chi connectivity index (χ3n) is 7.67. The average molecular weight is 542 g/mol. The van der Waals surface area contributed by atoms with Crippen LogP contribution in [0.3, 0.4) is 0 Å². The summed E-state index contributed by atoms with van der Waals surface area (Å²) in [5, 5.41) is 11.0.